The van der Waals surface area contributed by atoms with Crippen molar-refractivity contribution in [3.63, 3.8) is 0 Å². The highest BCUT2D eigenvalue weighted by Gasteiger charge is 2.18. The van der Waals surface area contributed by atoms with Crippen LogP contribution in [0.4, 0.5) is 11.4 Å². The molecule has 1 amide bonds. The van der Waals surface area contributed by atoms with Crippen molar-refractivity contribution in [3.8, 4) is 5.75 Å². The highest BCUT2D eigenvalue weighted by molar-refractivity contribution is 7.92. The fourth-order valence-corrected chi connectivity index (χ4v) is 3.41. The minimum Gasteiger partial charge on any atom is -0.495 e. The molecule has 0 fully saturated rings. The molecule has 2 N–H and O–H groups in total. The van der Waals surface area contributed by atoms with Gasteiger partial charge in [-0.1, -0.05) is 17.7 Å². The van der Waals surface area contributed by atoms with Gasteiger partial charge >= 0.3 is 0 Å². The minimum atomic E-state index is -3.77. The fourth-order valence-electron chi connectivity index (χ4n) is 2.26. The van der Waals surface area contributed by atoms with E-state index in [0.29, 0.717) is 11.4 Å². The average molecular weight is 348 g/mol. The van der Waals surface area contributed by atoms with E-state index in [1.165, 1.54) is 32.2 Å². The molecule has 0 aliphatic heterocycles. The first-order valence-electron chi connectivity index (χ1n) is 7.28. The largest absolute Gasteiger partial charge is 0.495 e. The zero-order valence-corrected chi connectivity index (χ0v) is 14.8. The van der Waals surface area contributed by atoms with Gasteiger partial charge in [-0.2, -0.15) is 0 Å². The Morgan fingerprint density at radius 3 is 2.29 bits per heavy atom. The smallest absolute Gasteiger partial charge is 0.262 e. The molecule has 0 aromatic heterocycles. The number of benzene rings is 2. The van der Waals surface area contributed by atoms with E-state index in [1.807, 2.05) is 26.0 Å². The molecule has 0 aliphatic carbocycles. The van der Waals surface area contributed by atoms with Crippen LogP contribution >= 0.6 is 0 Å². The molecule has 0 radical (unpaired) electrons. The molecule has 0 bridgehead atoms. The van der Waals surface area contributed by atoms with Crippen molar-refractivity contribution in [2.75, 3.05) is 17.1 Å². The van der Waals surface area contributed by atoms with E-state index >= 15 is 0 Å². The molecule has 0 saturated heterocycles. The van der Waals surface area contributed by atoms with Crippen LogP contribution in [0, 0.1) is 13.8 Å². The second-order valence-corrected chi connectivity index (χ2v) is 7.15. The topological polar surface area (TPSA) is 84.5 Å². The van der Waals surface area contributed by atoms with Crippen LogP contribution in [0.3, 0.4) is 0 Å². The Labute approximate surface area is 141 Å². The van der Waals surface area contributed by atoms with Crippen molar-refractivity contribution in [2.45, 2.75) is 25.7 Å². The number of anilines is 2. The molecule has 2 aromatic rings. The summed E-state index contributed by atoms with van der Waals surface area (Å²) in [6, 6.07) is 9.75. The standard InChI is InChI=1S/C17H20N2O4S/c1-11-5-7-15(12(2)9-11)19-24(21,22)14-6-8-16(18-13(3)20)17(10-14)23-4/h5-10,19H,1-4H3,(H,18,20). The number of amides is 1. The average Bonchev–Trinajstić information content (AvgIpc) is 2.49. The Hall–Kier alpha value is -2.54. The van der Waals surface area contributed by atoms with Gasteiger partial charge in [0, 0.05) is 13.0 Å². The molecule has 0 atom stereocenters. The zero-order chi connectivity index (χ0) is 17.9. The first kappa shape index (κ1) is 17.8. The van der Waals surface area contributed by atoms with E-state index in [1.54, 1.807) is 6.07 Å². The molecule has 7 heteroatoms. The summed E-state index contributed by atoms with van der Waals surface area (Å²) in [6.07, 6.45) is 0. The second kappa shape index (κ2) is 6.92. The van der Waals surface area contributed by atoms with Crippen molar-refractivity contribution >= 4 is 27.3 Å². The summed E-state index contributed by atoms with van der Waals surface area (Å²) in [5.41, 5.74) is 2.82. The van der Waals surface area contributed by atoms with Crippen LogP contribution in [0.15, 0.2) is 41.3 Å². The quantitative estimate of drug-likeness (QED) is 0.870. The van der Waals surface area contributed by atoms with Gasteiger partial charge in [0.05, 0.1) is 23.4 Å². The van der Waals surface area contributed by atoms with Crippen molar-refractivity contribution in [1.82, 2.24) is 0 Å². The van der Waals surface area contributed by atoms with Crippen LogP contribution in [-0.2, 0) is 14.8 Å². The van der Waals surface area contributed by atoms with Crippen molar-refractivity contribution < 1.29 is 17.9 Å². The molecule has 0 spiro atoms. The summed E-state index contributed by atoms with van der Waals surface area (Å²) in [6.45, 7) is 5.15. The third-order valence-electron chi connectivity index (χ3n) is 3.42. The number of aryl methyl sites for hydroxylation is 2. The van der Waals surface area contributed by atoms with Crippen LogP contribution in [0.5, 0.6) is 5.75 Å². The van der Waals surface area contributed by atoms with Crippen molar-refractivity contribution in [1.29, 1.82) is 0 Å². The van der Waals surface area contributed by atoms with Gasteiger partial charge in [0.1, 0.15) is 5.75 Å². The number of hydrogen-bond donors (Lipinski definition) is 2. The fraction of sp³-hybridized carbons (Fsp3) is 0.235. The normalized spacial score (nSPS) is 11.0. The third-order valence-corrected chi connectivity index (χ3v) is 4.78. The Kier molecular flexibility index (Phi) is 5.14. The van der Waals surface area contributed by atoms with Gasteiger partial charge < -0.3 is 10.1 Å². The summed E-state index contributed by atoms with van der Waals surface area (Å²) in [7, 11) is -2.36. The predicted molar refractivity (Wildman–Crippen MR) is 94.0 cm³/mol. The molecule has 0 unspecified atom stereocenters. The van der Waals surface area contributed by atoms with Gasteiger partial charge in [0.25, 0.3) is 10.0 Å². The van der Waals surface area contributed by atoms with Crippen molar-refractivity contribution in [2.24, 2.45) is 0 Å². The SMILES string of the molecule is COc1cc(S(=O)(=O)Nc2ccc(C)cc2C)ccc1NC(C)=O. The molecule has 0 aliphatic rings. The summed E-state index contributed by atoms with van der Waals surface area (Å²) < 4.78 is 32.9. The molecule has 2 rings (SSSR count). The number of ether oxygens (including phenoxy) is 1. The van der Waals surface area contributed by atoms with Crippen LogP contribution in [0.2, 0.25) is 0 Å². The highest BCUT2D eigenvalue weighted by Crippen LogP contribution is 2.29. The summed E-state index contributed by atoms with van der Waals surface area (Å²) in [5.74, 6) is 0.00557. The maximum Gasteiger partial charge on any atom is 0.262 e. The monoisotopic (exact) mass is 348 g/mol. The summed E-state index contributed by atoms with van der Waals surface area (Å²) in [5, 5.41) is 2.59. The molecular formula is C17H20N2O4S. The molecule has 24 heavy (non-hydrogen) atoms. The van der Waals surface area contributed by atoms with Crippen LogP contribution < -0.4 is 14.8 Å². The number of carbonyl (C=O) groups excluding carboxylic acids is 1. The predicted octanol–water partition coefficient (Wildman–Crippen LogP) is 3.07. The van der Waals surface area contributed by atoms with Gasteiger partial charge in [-0.05, 0) is 37.6 Å². The molecule has 0 saturated carbocycles. The lowest BCUT2D eigenvalue weighted by atomic mass is 10.1. The van der Waals surface area contributed by atoms with Gasteiger partial charge in [0.2, 0.25) is 5.91 Å². The van der Waals surface area contributed by atoms with E-state index in [9.17, 15) is 13.2 Å². The van der Waals surface area contributed by atoms with Crippen molar-refractivity contribution in [3.05, 3.63) is 47.5 Å². The minimum absolute atomic E-state index is 0.0495. The van der Waals surface area contributed by atoms with E-state index in [-0.39, 0.29) is 16.6 Å². The molecule has 6 nitrogen and oxygen atoms in total. The lowest BCUT2D eigenvalue weighted by molar-refractivity contribution is -0.114. The van der Waals surface area contributed by atoms with Gasteiger partial charge in [-0.3, -0.25) is 9.52 Å². The molecular weight excluding hydrogens is 328 g/mol. The maximum absolute atomic E-state index is 12.6. The van der Waals surface area contributed by atoms with Gasteiger partial charge in [-0.15, -0.1) is 0 Å². The first-order chi connectivity index (χ1) is 11.2. The van der Waals surface area contributed by atoms with Crippen LogP contribution in [0.1, 0.15) is 18.1 Å². The maximum atomic E-state index is 12.6. The second-order valence-electron chi connectivity index (χ2n) is 5.47. The molecule has 0 heterocycles. The van der Waals surface area contributed by atoms with Gasteiger partial charge in [-0.25, -0.2) is 8.42 Å². The first-order valence-corrected chi connectivity index (χ1v) is 8.77. The summed E-state index contributed by atoms with van der Waals surface area (Å²) >= 11 is 0. The number of nitrogens with one attached hydrogen (secondary N) is 2. The number of rotatable bonds is 5. The van der Waals surface area contributed by atoms with E-state index in [0.717, 1.165) is 11.1 Å². The van der Waals surface area contributed by atoms with E-state index in [4.69, 9.17) is 4.74 Å². The lowest BCUT2D eigenvalue weighted by Gasteiger charge is -2.14. The number of carbonyl (C=O) groups is 1. The van der Waals surface area contributed by atoms with Gasteiger partial charge in [0.15, 0.2) is 0 Å². The Bertz CT molecular complexity index is 876. The number of sulfonamides is 1. The van der Waals surface area contributed by atoms with E-state index in [2.05, 4.69) is 10.0 Å². The molecule has 128 valence electrons. The van der Waals surface area contributed by atoms with E-state index < -0.39 is 10.0 Å². The summed E-state index contributed by atoms with van der Waals surface area (Å²) in [4.78, 5) is 11.2. The molecule has 2 aromatic carbocycles. The number of methoxy groups -OCH3 is 1. The lowest BCUT2D eigenvalue weighted by Crippen LogP contribution is -2.14. The Morgan fingerprint density at radius 1 is 1.04 bits per heavy atom. The third kappa shape index (κ3) is 4.05. The Balaban J connectivity index is 2.36. The van der Waals surface area contributed by atoms with Crippen LogP contribution in [0.25, 0.3) is 0 Å². The zero-order valence-electron chi connectivity index (χ0n) is 14.0. The number of hydrogen-bond acceptors (Lipinski definition) is 4. The van der Waals surface area contributed by atoms with Crippen LogP contribution in [-0.4, -0.2) is 21.4 Å². The highest BCUT2D eigenvalue weighted by atomic mass is 32.2. The Morgan fingerprint density at radius 2 is 1.71 bits per heavy atom.